The fourth-order valence-corrected chi connectivity index (χ4v) is 4.13. The third-order valence-corrected chi connectivity index (χ3v) is 5.11. The van der Waals surface area contributed by atoms with Crippen molar-refractivity contribution in [3.63, 3.8) is 0 Å². The van der Waals surface area contributed by atoms with Gasteiger partial charge in [0.1, 0.15) is 5.75 Å². The van der Waals surface area contributed by atoms with E-state index >= 15 is 0 Å². The molecule has 0 aromatic heterocycles. The summed E-state index contributed by atoms with van der Waals surface area (Å²) in [5, 5.41) is 7.30. The van der Waals surface area contributed by atoms with Gasteiger partial charge < -0.3 is 15.4 Å². The second kappa shape index (κ2) is 6.48. The van der Waals surface area contributed by atoms with E-state index in [9.17, 15) is 0 Å². The van der Waals surface area contributed by atoms with Crippen LogP contribution in [0.2, 0.25) is 0 Å². The van der Waals surface area contributed by atoms with Crippen LogP contribution in [0.3, 0.4) is 0 Å². The van der Waals surface area contributed by atoms with Crippen molar-refractivity contribution in [3.05, 3.63) is 48.0 Å². The van der Waals surface area contributed by atoms with Crippen LogP contribution in [0.5, 0.6) is 5.75 Å². The molecule has 0 spiro atoms. The highest BCUT2D eigenvalue weighted by Gasteiger charge is 2.35. The highest BCUT2D eigenvalue weighted by atomic mass is 16.5. The summed E-state index contributed by atoms with van der Waals surface area (Å²) in [6.07, 6.45) is 2.55. The first-order valence-corrected chi connectivity index (χ1v) is 9.10. The molecule has 4 rings (SSSR count). The molecule has 3 nitrogen and oxygen atoms in total. The Morgan fingerprint density at radius 1 is 0.958 bits per heavy atom. The van der Waals surface area contributed by atoms with Crippen LogP contribution in [0.25, 0.3) is 11.1 Å². The lowest BCUT2D eigenvalue weighted by molar-refractivity contribution is 0.243. The minimum absolute atomic E-state index is 0.177. The summed E-state index contributed by atoms with van der Waals surface area (Å²) in [6, 6.07) is 15.6. The van der Waals surface area contributed by atoms with Gasteiger partial charge in [-0.2, -0.15) is 0 Å². The number of ether oxygens (including phenoxy) is 1. The van der Waals surface area contributed by atoms with Crippen LogP contribution in [0.15, 0.2) is 42.5 Å². The summed E-state index contributed by atoms with van der Waals surface area (Å²) >= 11 is 0. The summed E-state index contributed by atoms with van der Waals surface area (Å²) < 4.78 is 6.09. The normalized spacial score (nSPS) is 22.5. The van der Waals surface area contributed by atoms with Gasteiger partial charge in [-0.1, -0.05) is 30.3 Å². The van der Waals surface area contributed by atoms with Gasteiger partial charge in [-0.3, -0.25) is 0 Å². The third kappa shape index (κ3) is 2.78. The molecule has 0 aliphatic carbocycles. The number of benzene rings is 2. The van der Waals surface area contributed by atoms with E-state index in [0.717, 1.165) is 18.8 Å². The monoisotopic (exact) mass is 322 g/mol. The Morgan fingerprint density at radius 2 is 1.75 bits per heavy atom. The molecular formula is C21H26N2O. The highest BCUT2D eigenvalue weighted by molar-refractivity contribution is 5.81. The second-order valence-electron chi connectivity index (χ2n) is 7.11. The minimum Gasteiger partial charge on any atom is -0.490 e. The molecule has 2 N–H and O–H groups in total. The van der Waals surface area contributed by atoms with E-state index in [0.29, 0.717) is 12.0 Å². The second-order valence-corrected chi connectivity index (χ2v) is 7.11. The summed E-state index contributed by atoms with van der Waals surface area (Å²) in [5.41, 5.74) is 5.32. The SMILES string of the molecule is CC(C)Oc1ccccc1-c1cccc2c1C1CCNCCC1N2. The van der Waals surface area contributed by atoms with E-state index in [1.807, 2.05) is 0 Å². The van der Waals surface area contributed by atoms with Gasteiger partial charge in [0, 0.05) is 23.2 Å². The molecule has 0 amide bonds. The predicted molar refractivity (Wildman–Crippen MR) is 99.9 cm³/mol. The Hall–Kier alpha value is -2.00. The molecule has 2 aromatic carbocycles. The van der Waals surface area contributed by atoms with E-state index in [1.165, 1.54) is 35.2 Å². The number of anilines is 1. The number of rotatable bonds is 3. The molecule has 3 heteroatoms. The molecular weight excluding hydrogens is 296 g/mol. The Bertz CT molecular complexity index is 726. The number of hydrogen-bond donors (Lipinski definition) is 2. The number of hydrogen-bond acceptors (Lipinski definition) is 3. The first-order chi connectivity index (χ1) is 11.7. The molecule has 2 aliphatic rings. The Kier molecular flexibility index (Phi) is 4.19. The van der Waals surface area contributed by atoms with Crippen molar-refractivity contribution in [3.8, 4) is 16.9 Å². The quantitative estimate of drug-likeness (QED) is 0.878. The fraction of sp³-hybridized carbons (Fsp3) is 0.429. The fourth-order valence-electron chi connectivity index (χ4n) is 4.13. The van der Waals surface area contributed by atoms with Crippen molar-refractivity contribution >= 4 is 5.69 Å². The Labute approximate surface area is 144 Å². The lowest BCUT2D eigenvalue weighted by atomic mass is 9.85. The molecule has 2 aromatic rings. The van der Waals surface area contributed by atoms with Gasteiger partial charge in [0.05, 0.1) is 6.10 Å². The van der Waals surface area contributed by atoms with Gasteiger partial charge in [-0.05, 0) is 63.0 Å². The molecule has 1 saturated heterocycles. The first-order valence-electron chi connectivity index (χ1n) is 9.10. The van der Waals surface area contributed by atoms with Crippen LogP contribution in [0.1, 0.15) is 38.2 Å². The van der Waals surface area contributed by atoms with Crippen LogP contribution in [-0.4, -0.2) is 25.2 Å². The van der Waals surface area contributed by atoms with Gasteiger partial charge in [-0.15, -0.1) is 0 Å². The van der Waals surface area contributed by atoms with Crippen molar-refractivity contribution in [2.24, 2.45) is 0 Å². The molecule has 0 radical (unpaired) electrons. The predicted octanol–water partition coefficient (Wildman–Crippen LogP) is 4.40. The van der Waals surface area contributed by atoms with Crippen molar-refractivity contribution in [2.45, 2.75) is 44.8 Å². The summed E-state index contributed by atoms with van der Waals surface area (Å²) in [5.74, 6) is 1.56. The zero-order valence-electron chi connectivity index (χ0n) is 14.5. The standard InChI is InChI=1S/C21H26N2O/c1-14(2)24-20-9-4-3-6-15(20)16-7-5-8-19-21(16)17-10-12-22-13-11-18(17)23-19/h3-9,14,17-18,22-23H,10-13H2,1-2H3. The smallest absolute Gasteiger partial charge is 0.127 e. The van der Waals surface area contributed by atoms with E-state index in [-0.39, 0.29) is 6.10 Å². The van der Waals surface area contributed by atoms with Crippen LogP contribution in [0.4, 0.5) is 5.69 Å². The summed E-state index contributed by atoms with van der Waals surface area (Å²) in [6.45, 7) is 6.37. The van der Waals surface area contributed by atoms with Crippen molar-refractivity contribution in [1.82, 2.24) is 5.32 Å². The van der Waals surface area contributed by atoms with Gasteiger partial charge in [0.15, 0.2) is 0 Å². The first kappa shape index (κ1) is 15.5. The molecule has 2 aliphatic heterocycles. The minimum atomic E-state index is 0.177. The number of fused-ring (bicyclic) bond motifs is 3. The highest BCUT2D eigenvalue weighted by Crippen LogP contribution is 2.46. The molecule has 126 valence electrons. The van der Waals surface area contributed by atoms with Gasteiger partial charge in [0.25, 0.3) is 0 Å². The molecule has 2 heterocycles. The van der Waals surface area contributed by atoms with Gasteiger partial charge in [0.2, 0.25) is 0 Å². The molecule has 2 unspecified atom stereocenters. The third-order valence-electron chi connectivity index (χ3n) is 5.11. The molecule has 2 atom stereocenters. The van der Waals surface area contributed by atoms with E-state index < -0.39 is 0 Å². The molecule has 24 heavy (non-hydrogen) atoms. The maximum absolute atomic E-state index is 6.09. The van der Waals surface area contributed by atoms with Crippen molar-refractivity contribution in [1.29, 1.82) is 0 Å². The zero-order chi connectivity index (χ0) is 16.5. The van der Waals surface area contributed by atoms with E-state index in [2.05, 4.69) is 66.9 Å². The number of para-hydroxylation sites is 1. The Balaban J connectivity index is 1.81. The summed E-state index contributed by atoms with van der Waals surface area (Å²) in [7, 11) is 0. The van der Waals surface area contributed by atoms with Crippen molar-refractivity contribution < 1.29 is 4.74 Å². The van der Waals surface area contributed by atoms with Crippen LogP contribution in [-0.2, 0) is 0 Å². The maximum atomic E-state index is 6.09. The number of nitrogens with one attached hydrogen (secondary N) is 2. The van der Waals surface area contributed by atoms with E-state index in [4.69, 9.17) is 4.74 Å². The zero-order valence-corrected chi connectivity index (χ0v) is 14.5. The molecule has 0 bridgehead atoms. The Morgan fingerprint density at radius 3 is 2.62 bits per heavy atom. The van der Waals surface area contributed by atoms with E-state index in [1.54, 1.807) is 0 Å². The molecule has 1 fully saturated rings. The summed E-state index contributed by atoms with van der Waals surface area (Å²) in [4.78, 5) is 0. The average molecular weight is 322 g/mol. The molecule has 0 saturated carbocycles. The van der Waals surface area contributed by atoms with Crippen LogP contribution < -0.4 is 15.4 Å². The van der Waals surface area contributed by atoms with Crippen LogP contribution >= 0.6 is 0 Å². The topological polar surface area (TPSA) is 33.3 Å². The lowest BCUT2D eigenvalue weighted by Gasteiger charge is -2.20. The maximum Gasteiger partial charge on any atom is 0.127 e. The van der Waals surface area contributed by atoms with Crippen molar-refractivity contribution in [2.75, 3.05) is 18.4 Å². The average Bonchev–Trinajstić information content (AvgIpc) is 2.77. The van der Waals surface area contributed by atoms with Gasteiger partial charge in [-0.25, -0.2) is 0 Å². The van der Waals surface area contributed by atoms with Crippen LogP contribution in [0, 0.1) is 0 Å². The van der Waals surface area contributed by atoms with Gasteiger partial charge >= 0.3 is 0 Å². The lowest BCUT2D eigenvalue weighted by Crippen LogP contribution is -2.21. The largest absolute Gasteiger partial charge is 0.490 e.